The molecule has 0 fully saturated rings. The molecule has 132 valence electrons. The Kier molecular flexibility index (Phi) is 4.27. The Labute approximate surface area is 152 Å². The van der Waals surface area contributed by atoms with E-state index in [1.807, 2.05) is 36.2 Å². The van der Waals surface area contributed by atoms with Crippen molar-refractivity contribution in [3.63, 3.8) is 0 Å². The van der Waals surface area contributed by atoms with E-state index in [0.717, 1.165) is 15.2 Å². The quantitative estimate of drug-likeness (QED) is 0.505. The Morgan fingerprint density at radius 3 is 2.85 bits per heavy atom. The Morgan fingerprint density at radius 2 is 2.00 bits per heavy atom. The van der Waals surface area contributed by atoms with Crippen LogP contribution in [-0.2, 0) is 11.3 Å². The molecule has 0 aliphatic heterocycles. The first-order chi connectivity index (χ1) is 12.6. The van der Waals surface area contributed by atoms with Crippen molar-refractivity contribution in [3.8, 4) is 0 Å². The molecule has 0 saturated carbocycles. The fourth-order valence-corrected chi connectivity index (χ4v) is 3.88. The number of H-pyrrole nitrogens is 2. The van der Waals surface area contributed by atoms with Crippen molar-refractivity contribution in [2.45, 2.75) is 6.54 Å². The third-order valence-electron chi connectivity index (χ3n) is 3.96. The molecule has 2 aromatic heterocycles. The van der Waals surface area contributed by atoms with E-state index in [9.17, 15) is 9.59 Å². The summed E-state index contributed by atoms with van der Waals surface area (Å²) in [5.74, 6) is -0.120. The van der Waals surface area contributed by atoms with Crippen LogP contribution in [0, 0.1) is 0 Å². The van der Waals surface area contributed by atoms with Gasteiger partial charge < -0.3 is 15.3 Å². The molecule has 2 heterocycles. The second kappa shape index (κ2) is 6.74. The summed E-state index contributed by atoms with van der Waals surface area (Å²) in [6.45, 7) is 0.856. The zero-order valence-electron chi connectivity index (χ0n) is 14.1. The molecule has 4 rings (SSSR count). The molecule has 4 aromatic rings. The van der Waals surface area contributed by atoms with E-state index in [2.05, 4.69) is 20.3 Å². The number of benzene rings is 2. The van der Waals surface area contributed by atoms with Crippen LogP contribution < -0.4 is 11.0 Å². The van der Waals surface area contributed by atoms with Gasteiger partial charge in [0.15, 0.2) is 0 Å². The molecule has 0 aliphatic rings. The standard InChI is InChI=1S/C18H17N5O2S/c1-23(10-17-20-13-4-2-3-5-15(13)26-17)9-16(24)19-11-6-7-12-14(8-11)22-18(25)21-12/h2-8H,9-10H2,1H3,(H,19,24)(H2,21,22,25). The maximum absolute atomic E-state index is 12.3. The highest BCUT2D eigenvalue weighted by molar-refractivity contribution is 7.18. The first-order valence-electron chi connectivity index (χ1n) is 8.12. The molecule has 8 heteroatoms. The van der Waals surface area contributed by atoms with E-state index >= 15 is 0 Å². The van der Waals surface area contributed by atoms with E-state index in [0.29, 0.717) is 23.3 Å². The maximum Gasteiger partial charge on any atom is 0.323 e. The van der Waals surface area contributed by atoms with Gasteiger partial charge in [-0.1, -0.05) is 12.1 Å². The molecule has 2 aromatic carbocycles. The summed E-state index contributed by atoms with van der Waals surface area (Å²) in [4.78, 5) is 35.4. The minimum absolute atomic E-state index is 0.120. The molecule has 26 heavy (non-hydrogen) atoms. The molecule has 7 nitrogen and oxygen atoms in total. The van der Waals surface area contributed by atoms with Crippen LogP contribution in [0.5, 0.6) is 0 Å². The fraction of sp³-hybridized carbons (Fsp3) is 0.167. The number of para-hydroxylation sites is 1. The summed E-state index contributed by atoms with van der Waals surface area (Å²) in [6, 6.07) is 13.3. The Morgan fingerprint density at radius 1 is 1.19 bits per heavy atom. The number of thiazole rings is 1. The van der Waals surface area contributed by atoms with Gasteiger partial charge in [-0.25, -0.2) is 9.78 Å². The lowest BCUT2D eigenvalue weighted by Crippen LogP contribution is -2.29. The van der Waals surface area contributed by atoms with E-state index in [-0.39, 0.29) is 18.1 Å². The van der Waals surface area contributed by atoms with E-state index in [1.54, 1.807) is 29.5 Å². The average molecular weight is 367 g/mol. The molecule has 0 radical (unpaired) electrons. The summed E-state index contributed by atoms with van der Waals surface area (Å²) < 4.78 is 1.15. The first kappa shape index (κ1) is 16.5. The molecule has 0 unspecified atom stereocenters. The Hall–Kier alpha value is -2.97. The van der Waals surface area contributed by atoms with Gasteiger partial charge in [0.2, 0.25) is 5.91 Å². The fourth-order valence-electron chi connectivity index (χ4n) is 2.83. The number of hydrogen-bond acceptors (Lipinski definition) is 5. The van der Waals surface area contributed by atoms with E-state index in [1.165, 1.54) is 0 Å². The van der Waals surface area contributed by atoms with Crippen LogP contribution in [-0.4, -0.2) is 39.4 Å². The number of carbonyl (C=O) groups is 1. The number of carbonyl (C=O) groups excluding carboxylic acids is 1. The SMILES string of the molecule is CN(CC(=O)Nc1ccc2[nH]c(=O)[nH]c2c1)Cc1nc2ccccc2s1. The number of nitrogens with one attached hydrogen (secondary N) is 3. The zero-order valence-corrected chi connectivity index (χ0v) is 14.9. The number of aromatic nitrogens is 3. The third-order valence-corrected chi connectivity index (χ3v) is 4.98. The Balaban J connectivity index is 1.39. The largest absolute Gasteiger partial charge is 0.325 e. The van der Waals surface area contributed by atoms with Crippen LogP contribution in [0.25, 0.3) is 21.3 Å². The van der Waals surface area contributed by atoms with Gasteiger partial charge in [0.1, 0.15) is 5.01 Å². The van der Waals surface area contributed by atoms with E-state index in [4.69, 9.17) is 0 Å². The summed E-state index contributed by atoms with van der Waals surface area (Å²) in [5.41, 5.74) is 2.74. The van der Waals surface area contributed by atoms with Gasteiger partial charge in [0.05, 0.1) is 34.3 Å². The average Bonchev–Trinajstić information content (AvgIpc) is 3.15. The number of imidazole rings is 1. The highest BCUT2D eigenvalue weighted by Gasteiger charge is 2.11. The number of nitrogens with zero attached hydrogens (tertiary/aromatic N) is 2. The van der Waals surface area contributed by atoms with Gasteiger partial charge in [0.25, 0.3) is 0 Å². The van der Waals surface area contributed by atoms with Crippen molar-refractivity contribution >= 4 is 44.2 Å². The molecule has 0 saturated heterocycles. The van der Waals surface area contributed by atoms with Crippen molar-refractivity contribution in [1.82, 2.24) is 19.9 Å². The van der Waals surface area contributed by atoms with Crippen LogP contribution >= 0.6 is 11.3 Å². The van der Waals surface area contributed by atoms with E-state index < -0.39 is 0 Å². The van der Waals surface area contributed by atoms with Gasteiger partial charge in [-0.05, 0) is 37.4 Å². The molecule has 0 atom stereocenters. The van der Waals surface area contributed by atoms with Crippen molar-refractivity contribution in [2.75, 3.05) is 18.9 Å². The molecule has 0 bridgehead atoms. The molecule has 0 spiro atoms. The number of anilines is 1. The summed E-state index contributed by atoms with van der Waals surface area (Å²) >= 11 is 1.64. The predicted octanol–water partition coefficient (Wildman–Crippen LogP) is 2.54. The lowest BCUT2D eigenvalue weighted by molar-refractivity contribution is -0.117. The summed E-state index contributed by atoms with van der Waals surface area (Å²) in [5, 5.41) is 3.83. The predicted molar refractivity (Wildman–Crippen MR) is 104 cm³/mol. The number of fused-ring (bicyclic) bond motifs is 2. The molecular weight excluding hydrogens is 350 g/mol. The number of hydrogen-bond donors (Lipinski definition) is 3. The summed E-state index contributed by atoms with van der Waals surface area (Å²) in [7, 11) is 1.89. The van der Waals surface area contributed by atoms with Crippen molar-refractivity contribution in [1.29, 1.82) is 0 Å². The van der Waals surface area contributed by atoms with Crippen molar-refractivity contribution < 1.29 is 4.79 Å². The van der Waals surface area contributed by atoms with Crippen molar-refractivity contribution in [2.24, 2.45) is 0 Å². The van der Waals surface area contributed by atoms with Gasteiger partial charge >= 0.3 is 5.69 Å². The summed E-state index contributed by atoms with van der Waals surface area (Å²) in [6.07, 6.45) is 0. The van der Waals surface area contributed by atoms with Gasteiger partial charge in [-0.2, -0.15) is 0 Å². The number of rotatable bonds is 5. The van der Waals surface area contributed by atoms with Crippen molar-refractivity contribution in [3.05, 3.63) is 58.0 Å². The maximum atomic E-state index is 12.3. The topological polar surface area (TPSA) is 93.9 Å². The molecule has 1 amide bonds. The number of likely N-dealkylation sites (N-methyl/N-ethyl adjacent to an activating group) is 1. The number of amides is 1. The smallest absolute Gasteiger partial charge is 0.323 e. The van der Waals surface area contributed by atoms with Gasteiger partial charge in [-0.3, -0.25) is 9.69 Å². The Bertz CT molecular complexity index is 1110. The monoisotopic (exact) mass is 367 g/mol. The lowest BCUT2D eigenvalue weighted by Gasteiger charge is -2.14. The molecular formula is C18H17N5O2S. The van der Waals surface area contributed by atoms with Crippen LogP contribution in [0.4, 0.5) is 5.69 Å². The molecule has 0 aliphatic carbocycles. The van der Waals surface area contributed by atoms with Crippen LogP contribution in [0.2, 0.25) is 0 Å². The minimum Gasteiger partial charge on any atom is -0.325 e. The van der Waals surface area contributed by atoms with Crippen LogP contribution in [0.15, 0.2) is 47.3 Å². The van der Waals surface area contributed by atoms with Crippen LogP contribution in [0.1, 0.15) is 5.01 Å². The molecule has 3 N–H and O–H groups in total. The first-order valence-corrected chi connectivity index (χ1v) is 8.93. The minimum atomic E-state index is -0.265. The highest BCUT2D eigenvalue weighted by atomic mass is 32.1. The zero-order chi connectivity index (χ0) is 18.1. The second-order valence-corrected chi connectivity index (χ2v) is 7.25. The van der Waals surface area contributed by atoms with Gasteiger partial charge in [0, 0.05) is 5.69 Å². The van der Waals surface area contributed by atoms with Gasteiger partial charge in [-0.15, -0.1) is 11.3 Å². The normalized spacial score (nSPS) is 11.5. The third kappa shape index (κ3) is 3.51. The second-order valence-electron chi connectivity index (χ2n) is 6.14. The lowest BCUT2D eigenvalue weighted by atomic mass is 10.2. The highest BCUT2D eigenvalue weighted by Crippen LogP contribution is 2.22. The van der Waals surface area contributed by atoms with Crippen LogP contribution in [0.3, 0.4) is 0 Å². The number of aromatic amines is 2.